The number of nitrogens with zero attached hydrogens (tertiary/aromatic N) is 1. The van der Waals surface area contributed by atoms with Gasteiger partial charge in [0.1, 0.15) is 0 Å². The first kappa shape index (κ1) is 13.4. The Balaban J connectivity index is 1.82. The van der Waals surface area contributed by atoms with E-state index in [4.69, 9.17) is 0 Å². The number of fused-ring (bicyclic) bond motifs is 1. The molecule has 0 fully saturated rings. The molecule has 0 atom stereocenters. The molecule has 2 aromatic rings. The maximum Gasteiger partial charge on any atom is 0.0234 e. The standard InChI is InChI=1S/C19H23N/c1-19(2)15-20(14-16-8-4-3-5-9-16)13-12-17-10-6-7-11-18(17)19/h3-11H,12-15H2,1-2H3. The Kier molecular flexibility index (Phi) is 3.62. The van der Waals surface area contributed by atoms with Gasteiger partial charge in [0.15, 0.2) is 0 Å². The first-order valence-corrected chi connectivity index (χ1v) is 7.50. The van der Waals surface area contributed by atoms with Gasteiger partial charge in [0, 0.05) is 25.0 Å². The second-order valence-electron chi connectivity index (χ2n) is 6.49. The van der Waals surface area contributed by atoms with Crippen molar-refractivity contribution in [3.05, 3.63) is 71.3 Å². The van der Waals surface area contributed by atoms with Crippen LogP contribution in [0.2, 0.25) is 0 Å². The quantitative estimate of drug-likeness (QED) is 0.792. The summed E-state index contributed by atoms with van der Waals surface area (Å²) in [7, 11) is 0. The highest BCUT2D eigenvalue weighted by Crippen LogP contribution is 2.31. The van der Waals surface area contributed by atoms with E-state index >= 15 is 0 Å². The van der Waals surface area contributed by atoms with Crippen molar-refractivity contribution in [1.82, 2.24) is 4.90 Å². The molecule has 0 saturated heterocycles. The van der Waals surface area contributed by atoms with E-state index in [0.29, 0.717) is 0 Å². The molecule has 1 aliphatic heterocycles. The summed E-state index contributed by atoms with van der Waals surface area (Å²) in [5.41, 5.74) is 4.68. The largest absolute Gasteiger partial charge is 0.298 e. The third-order valence-corrected chi connectivity index (χ3v) is 4.31. The van der Waals surface area contributed by atoms with E-state index in [1.54, 1.807) is 0 Å². The smallest absolute Gasteiger partial charge is 0.0234 e. The molecule has 0 unspecified atom stereocenters. The van der Waals surface area contributed by atoms with Crippen molar-refractivity contribution in [1.29, 1.82) is 0 Å². The van der Waals surface area contributed by atoms with E-state index in [0.717, 1.165) is 26.1 Å². The summed E-state index contributed by atoms with van der Waals surface area (Å²) in [4.78, 5) is 2.59. The minimum Gasteiger partial charge on any atom is -0.298 e. The fourth-order valence-corrected chi connectivity index (χ4v) is 3.38. The molecule has 0 radical (unpaired) electrons. The zero-order valence-electron chi connectivity index (χ0n) is 12.5. The molecule has 0 aromatic heterocycles. The van der Waals surface area contributed by atoms with Crippen LogP contribution in [0.4, 0.5) is 0 Å². The summed E-state index contributed by atoms with van der Waals surface area (Å²) in [5, 5.41) is 0. The van der Waals surface area contributed by atoms with Crippen LogP contribution >= 0.6 is 0 Å². The molecule has 2 aromatic carbocycles. The van der Waals surface area contributed by atoms with Crippen LogP contribution in [0.1, 0.15) is 30.5 Å². The van der Waals surface area contributed by atoms with Crippen molar-refractivity contribution in [2.45, 2.75) is 32.2 Å². The maximum atomic E-state index is 2.59. The van der Waals surface area contributed by atoms with E-state index in [9.17, 15) is 0 Å². The lowest BCUT2D eigenvalue weighted by Gasteiger charge is -2.31. The van der Waals surface area contributed by atoms with Crippen LogP contribution in [-0.2, 0) is 18.4 Å². The highest BCUT2D eigenvalue weighted by molar-refractivity contribution is 5.35. The molecule has 20 heavy (non-hydrogen) atoms. The SMILES string of the molecule is CC1(C)CN(Cc2ccccc2)CCc2ccccc21. The number of rotatable bonds is 2. The Hall–Kier alpha value is -1.60. The molecular weight excluding hydrogens is 242 g/mol. The van der Waals surface area contributed by atoms with Gasteiger partial charge in [-0.05, 0) is 23.1 Å². The minimum absolute atomic E-state index is 0.224. The summed E-state index contributed by atoms with van der Waals surface area (Å²) in [5.74, 6) is 0. The van der Waals surface area contributed by atoms with Crippen LogP contribution < -0.4 is 0 Å². The highest BCUT2D eigenvalue weighted by Gasteiger charge is 2.29. The molecule has 0 aliphatic carbocycles. The Bertz CT molecular complexity index is 571. The maximum absolute atomic E-state index is 2.59. The minimum atomic E-state index is 0.224. The van der Waals surface area contributed by atoms with Crippen LogP contribution in [0.25, 0.3) is 0 Å². The van der Waals surface area contributed by atoms with Crippen LogP contribution in [0.15, 0.2) is 54.6 Å². The third-order valence-electron chi connectivity index (χ3n) is 4.31. The lowest BCUT2D eigenvalue weighted by atomic mass is 9.82. The van der Waals surface area contributed by atoms with Crippen molar-refractivity contribution < 1.29 is 0 Å². The van der Waals surface area contributed by atoms with Gasteiger partial charge in [-0.1, -0.05) is 68.4 Å². The molecule has 1 heterocycles. The van der Waals surface area contributed by atoms with Crippen LogP contribution in [0.3, 0.4) is 0 Å². The molecule has 0 spiro atoms. The van der Waals surface area contributed by atoms with Crippen LogP contribution in [-0.4, -0.2) is 18.0 Å². The van der Waals surface area contributed by atoms with Crippen molar-refractivity contribution in [2.75, 3.05) is 13.1 Å². The summed E-state index contributed by atoms with van der Waals surface area (Å²) in [6, 6.07) is 19.8. The van der Waals surface area contributed by atoms with Gasteiger partial charge in [-0.2, -0.15) is 0 Å². The van der Waals surface area contributed by atoms with Gasteiger partial charge in [-0.25, -0.2) is 0 Å². The summed E-state index contributed by atoms with van der Waals surface area (Å²) in [6.07, 6.45) is 1.16. The normalized spacial score (nSPS) is 18.3. The lowest BCUT2D eigenvalue weighted by molar-refractivity contribution is 0.228. The summed E-state index contributed by atoms with van der Waals surface area (Å²) in [6.45, 7) is 8.07. The molecule has 0 N–H and O–H groups in total. The highest BCUT2D eigenvalue weighted by atomic mass is 15.1. The predicted octanol–water partition coefficient (Wildman–Crippen LogP) is 4.02. The van der Waals surface area contributed by atoms with E-state index in [1.807, 2.05) is 0 Å². The fourth-order valence-electron chi connectivity index (χ4n) is 3.38. The van der Waals surface area contributed by atoms with Gasteiger partial charge in [0.2, 0.25) is 0 Å². The van der Waals surface area contributed by atoms with Crippen molar-refractivity contribution in [3.8, 4) is 0 Å². The average molecular weight is 265 g/mol. The van der Waals surface area contributed by atoms with E-state index in [1.165, 1.54) is 16.7 Å². The Labute approximate surface area is 122 Å². The molecule has 0 amide bonds. The van der Waals surface area contributed by atoms with E-state index in [-0.39, 0.29) is 5.41 Å². The zero-order valence-corrected chi connectivity index (χ0v) is 12.5. The van der Waals surface area contributed by atoms with Gasteiger partial charge < -0.3 is 0 Å². The van der Waals surface area contributed by atoms with E-state index < -0.39 is 0 Å². The van der Waals surface area contributed by atoms with Gasteiger partial charge in [0.05, 0.1) is 0 Å². The summed E-state index contributed by atoms with van der Waals surface area (Å²) >= 11 is 0. The molecule has 104 valence electrons. The number of hydrogen-bond donors (Lipinski definition) is 0. The van der Waals surface area contributed by atoms with Crippen LogP contribution in [0.5, 0.6) is 0 Å². The zero-order chi connectivity index (χ0) is 14.0. The molecule has 1 heteroatoms. The van der Waals surface area contributed by atoms with Crippen LogP contribution in [0, 0.1) is 0 Å². The fraction of sp³-hybridized carbons (Fsp3) is 0.368. The van der Waals surface area contributed by atoms with Gasteiger partial charge in [-0.3, -0.25) is 4.90 Å². The lowest BCUT2D eigenvalue weighted by Crippen LogP contribution is -2.35. The molecule has 1 nitrogen and oxygen atoms in total. The summed E-state index contributed by atoms with van der Waals surface area (Å²) < 4.78 is 0. The van der Waals surface area contributed by atoms with Crippen molar-refractivity contribution in [2.24, 2.45) is 0 Å². The molecule has 1 aliphatic rings. The topological polar surface area (TPSA) is 3.24 Å². The predicted molar refractivity (Wildman–Crippen MR) is 84.9 cm³/mol. The molecule has 0 saturated carbocycles. The monoisotopic (exact) mass is 265 g/mol. The first-order chi connectivity index (χ1) is 9.65. The molecule has 3 rings (SSSR count). The van der Waals surface area contributed by atoms with E-state index in [2.05, 4.69) is 73.3 Å². The Morgan fingerprint density at radius 3 is 2.45 bits per heavy atom. The Morgan fingerprint density at radius 1 is 0.950 bits per heavy atom. The average Bonchev–Trinajstić information content (AvgIpc) is 2.57. The number of hydrogen-bond acceptors (Lipinski definition) is 1. The van der Waals surface area contributed by atoms with Crippen molar-refractivity contribution >= 4 is 0 Å². The second kappa shape index (κ2) is 5.41. The van der Waals surface area contributed by atoms with Gasteiger partial charge in [-0.15, -0.1) is 0 Å². The second-order valence-corrected chi connectivity index (χ2v) is 6.49. The third kappa shape index (κ3) is 2.78. The van der Waals surface area contributed by atoms with Gasteiger partial charge >= 0.3 is 0 Å². The van der Waals surface area contributed by atoms with Crippen molar-refractivity contribution in [3.63, 3.8) is 0 Å². The Morgan fingerprint density at radius 2 is 1.65 bits per heavy atom. The molecular formula is C19H23N. The molecule has 0 bridgehead atoms. The number of benzene rings is 2. The van der Waals surface area contributed by atoms with Gasteiger partial charge in [0.25, 0.3) is 0 Å². The first-order valence-electron chi connectivity index (χ1n) is 7.50.